The van der Waals surface area contributed by atoms with E-state index >= 15 is 0 Å². The lowest BCUT2D eigenvalue weighted by Gasteiger charge is -2.20. The fraction of sp³-hybridized carbons (Fsp3) is 0.235. The van der Waals surface area contributed by atoms with Crippen molar-refractivity contribution in [3.63, 3.8) is 0 Å². The molecule has 1 N–H and O–H groups in total. The smallest absolute Gasteiger partial charge is 0.341 e. The molecule has 1 aliphatic rings. The van der Waals surface area contributed by atoms with Crippen LogP contribution in [0.15, 0.2) is 35.2 Å². The lowest BCUT2D eigenvalue weighted by Crippen LogP contribution is -2.19. The van der Waals surface area contributed by atoms with E-state index in [0.29, 0.717) is 35.3 Å². The first kappa shape index (κ1) is 19.4. The van der Waals surface area contributed by atoms with Gasteiger partial charge in [0, 0.05) is 0 Å². The minimum Gasteiger partial charge on any atom is -0.486 e. The minimum atomic E-state index is -3.83. The van der Waals surface area contributed by atoms with Crippen LogP contribution in [-0.2, 0) is 21.4 Å². The van der Waals surface area contributed by atoms with E-state index in [9.17, 15) is 17.6 Å². The van der Waals surface area contributed by atoms with Crippen molar-refractivity contribution < 1.29 is 31.8 Å². The number of rotatable bonds is 5. The Morgan fingerprint density at radius 1 is 1.26 bits per heavy atom. The molecule has 0 aromatic heterocycles. The van der Waals surface area contributed by atoms with E-state index in [1.54, 1.807) is 12.1 Å². The zero-order valence-electron chi connectivity index (χ0n) is 14.1. The van der Waals surface area contributed by atoms with Crippen LogP contribution < -0.4 is 14.2 Å². The van der Waals surface area contributed by atoms with Crippen LogP contribution in [0.5, 0.6) is 11.5 Å². The van der Waals surface area contributed by atoms with Crippen LogP contribution in [0.1, 0.15) is 15.9 Å². The second-order valence-corrected chi connectivity index (χ2v) is 7.82. The van der Waals surface area contributed by atoms with E-state index in [1.165, 1.54) is 7.05 Å². The molecule has 0 amide bonds. The predicted octanol–water partition coefficient (Wildman–Crippen LogP) is 2.52. The lowest BCUT2D eigenvalue weighted by atomic mass is 10.2. The van der Waals surface area contributed by atoms with E-state index in [-0.39, 0.29) is 11.5 Å². The zero-order valence-corrected chi connectivity index (χ0v) is 15.7. The van der Waals surface area contributed by atoms with Crippen LogP contribution in [0, 0.1) is 5.82 Å². The first-order valence-electron chi connectivity index (χ1n) is 7.80. The maximum Gasteiger partial charge on any atom is 0.341 e. The molecule has 1 aliphatic heterocycles. The van der Waals surface area contributed by atoms with Crippen molar-refractivity contribution in [2.24, 2.45) is 0 Å². The number of benzene rings is 2. The molecular weight excluding hydrogens is 401 g/mol. The first-order valence-corrected chi connectivity index (χ1v) is 9.66. The maximum atomic E-state index is 14.0. The maximum absolute atomic E-state index is 14.0. The summed E-state index contributed by atoms with van der Waals surface area (Å²) in [5.41, 5.74) is 0.0203. The molecule has 0 saturated carbocycles. The molecule has 1 heterocycles. The Hall–Kier alpha value is -2.36. The van der Waals surface area contributed by atoms with Crippen molar-refractivity contribution in [3.8, 4) is 11.5 Å². The number of fused-ring (bicyclic) bond motifs is 1. The summed E-state index contributed by atoms with van der Waals surface area (Å²) in [6, 6.07) is 6.01. The molecule has 0 saturated heterocycles. The van der Waals surface area contributed by atoms with Gasteiger partial charge in [0.2, 0.25) is 10.0 Å². The number of hydrogen-bond donors (Lipinski definition) is 1. The highest BCUT2D eigenvalue weighted by Gasteiger charge is 2.21. The van der Waals surface area contributed by atoms with Gasteiger partial charge in [-0.25, -0.2) is 22.3 Å². The average Bonchev–Trinajstić information content (AvgIpc) is 2.66. The molecule has 0 spiro atoms. The van der Waals surface area contributed by atoms with Crippen molar-refractivity contribution in [2.45, 2.75) is 11.5 Å². The van der Waals surface area contributed by atoms with Crippen LogP contribution >= 0.6 is 11.6 Å². The molecule has 10 heteroatoms. The second kappa shape index (κ2) is 7.71. The number of ether oxygens (including phenoxy) is 3. The molecule has 0 fully saturated rings. The number of halogens is 2. The number of carbonyl (C=O) groups is 1. The molecule has 0 bridgehead atoms. The average molecular weight is 416 g/mol. The van der Waals surface area contributed by atoms with Gasteiger partial charge in [-0.05, 0) is 42.9 Å². The van der Waals surface area contributed by atoms with Crippen molar-refractivity contribution in [1.82, 2.24) is 4.72 Å². The highest BCUT2D eigenvalue weighted by molar-refractivity contribution is 7.89. The SMILES string of the molecule is CNS(=O)(=O)c1ccc(F)c(C(=O)OCc2cc(Cl)c3c(c2)OCCO3)c1. The van der Waals surface area contributed by atoms with Crippen molar-refractivity contribution >= 4 is 27.6 Å². The summed E-state index contributed by atoms with van der Waals surface area (Å²) in [4.78, 5) is 12.0. The Balaban J connectivity index is 1.79. The third-order valence-corrected chi connectivity index (χ3v) is 5.46. The largest absolute Gasteiger partial charge is 0.486 e. The van der Waals surface area contributed by atoms with Crippen LogP contribution in [-0.4, -0.2) is 34.6 Å². The van der Waals surface area contributed by atoms with Gasteiger partial charge in [-0.3, -0.25) is 0 Å². The number of hydrogen-bond acceptors (Lipinski definition) is 6. The summed E-state index contributed by atoms with van der Waals surface area (Å²) >= 11 is 6.11. The van der Waals surface area contributed by atoms with Crippen molar-refractivity contribution in [2.75, 3.05) is 20.3 Å². The molecule has 0 unspecified atom stereocenters. The third kappa shape index (κ3) is 4.15. The second-order valence-electron chi connectivity index (χ2n) is 5.53. The molecule has 2 aromatic carbocycles. The van der Waals surface area contributed by atoms with Crippen LogP contribution in [0.4, 0.5) is 4.39 Å². The Morgan fingerprint density at radius 2 is 2.00 bits per heavy atom. The van der Waals surface area contributed by atoms with Gasteiger partial charge in [0.15, 0.2) is 11.5 Å². The highest BCUT2D eigenvalue weighted by atomic mass is 35.5. The molecular formula is C17H15ClFNO6S. The summed E-state index contributed by atoms with van der Waals surface area (Å²) in [5, 5.41) is 0.298. The quantitative estimate of drug-likeness (QED) is 0.754. The van der Waals surface area contributed by atoms with Crippen LogP contribution in [0.25, 0.3) is 0 Å². The Bertz CT molecular complexity index is 995. The van der Waals surface area contributed by atoms with Crippen molar-refractivity contribution in [1.29, 1.82) is 0 Å². The minimum absolute atomic E-state index is 0.211. The lowest BCUT2D eigenvalue weighted by molar-refractivity contribution is 0.0466. The molecule has 7 nitrogen and oxygen atoms in total. The van der Waals surface area contributed by atoms with Gasteiger partial charge in [-0.15, -0.1) is 0 Å². The van der Waals surface area contributed by atoms with Crippen LogP contribution in [0.3, 0.4) is 0 Å². The third-order valence-electron chi connectivity index (χ3n) is 3.76. The van der Waals surface area contributed by atoms with E-state index in [2.05, 4.69) is 4.72 Å². The van der Waals surface area contributed by atoms with Gasteiger partial charge in [-0.2, -0.15) is 0 Å². The van der Waals surface area contributed by atoms with Crippen molar-refractivity contribution in [3.05, 3.63) is 52.3 Å². The number of nitrogens with one attached hydrogen (secondary N) is 1. The number of esters is 1. The topological polar surface area (TPSA) is 90.9 Å². The fourth-order valence-corrected chi connectivity index (χ4v) is 3.46. The zero-order chi connectivity index (χ0) is 19.6. The molecule has 27 heavy (non-hydrogen) atoms. The summed E-state index contributed by atoms with van der Waals surface area (Å²) in [6.07, 6.45) is 0. The summed E-state index contributed by atoms with van der Waals surface area (Å²) in [5.74, 6) is -1.07. The van der Waals surface area contributed by atoms with E-state index in [0.717, 1.165) is 18.2 Å². The first-order chi connectivity index (χ1) is 12.8. The Kier molecular flexibility index (Phi) is 5.54. The van der Waals surface area contributed by atoms with E-state index in [4.69, 9.17) is 25.8 Å². The Labute approximate surface area is 160 Å². The molecule has 0 atom stereocenters. The normalized spacial score (nSPS) is 13.3. The summed E-state index contributed by atoms with van der Waals surface area (Å²) in [6.45, 7) is 0.536. The van der Waals surface area contributed by atoms with Gasteiger partial charge >= 0.3 is 5.97 Å². The number of sulfonamides is 1. The molecule has 2 aromatic rings. The summed E-state index contributed by atoms with van der Waals surface area (Å²) in [7, 11) is -2.62. The summed E-state index contributed by atoms with van der Waals surface area (Å²) < 4.78 is 55.6. The molecule has 0 aliphatic carbocycles. The van der Waals surface area contributed by atoms with Gasteiger partial charge < -0.3 is 14.2 Å². The monoisotopic (exact) mass is 415 g/mol. The molecule has 0 radical (unpaired) electrons. The van der Waals surface area contributed by atoms with E-state index < -0.39 is 27.4 Å². The number of carbonyl (C=O) groups excluding carboxylic acids is 1. The molecule has 144 valence electrons. The van der Waals surface area contributed by atoms with E-state index in [1.807, 2.05) is 0 Å². The van der Waals surface area contributed by atoms with Gasteiger partial charge in [0.25, 0.3) is 0 Å². The van der Waals surface area contributed by atoms with Gasteiger partial charge in [-0.1, -0.05) is 11.6 Å². The predicted molar refractivity (Wildman–Crippen MR) is 94.2 cm³/mol. The highest BCUT2D eigenvalue weighted by Crippen LogP contribution is 2.38. The standard InChI is InChI=1S/C17H15ClFNO6S/c1-20-27(22,23)11-2-3-14(19)12(8-11)17(21)26-9-10-6-13(18)16-15(7-10)24-4-5-25-16/h2-3,6-8,20H,4-5,9H2,1H3. The Morgan fingerprint density at radius 3 is 2.74 bits per heavy atom. The van der Waals surface area contributed by atoms with Gasteiger partial charge in [0.05, 0.1) is 15.5 Å². The van der Waals surface area contributed by atoms with Gasteiger partial charge in [0.1, 0.15) is 25.6 Å². The fourth-order valence-electron chi connectivity index (χ4n) is 2.42. The van der Waals surface area contributed by atoms with Crippen LogP contribution in [0.2, 0.25) is 5.02 Å². The molecule has 3 rings (SSSR count).